The van der Waals surface area contributed by atoms with Gasteiger partial charge >= 0.3 is 0 Å². The second-order valence-corrected chi connectivity index (χ2v) is 13.9. The second kappa shape index (κ2) is 12.8. The summed E-state index contributed by atoms with van der Waals surface area (Å²) in [6, 6.07) is 0. The first-order valence-corrected chi connectivity index (χ1v) is 15.8. The van der Waals surface area contributed by atoms with Crippen LogP contribution in [0.5, 0.6) is 0 Å². The summed E-state index contributed by atoms with van der Waals surface area (Å²) in [6.07, 6.45) is 26.5. The van der Waals surface area contributed by atoms with Gasteiger partial charge in [-0.15, -0.1) is 0 Å². The SMILES string of the molecule is C\C=C/C(=C\C=C\C)C(C)CCC1C(C)C=CC2(CC(C)C(N)(C(C)C)CCC2(C)CC)C1(C)CCC. The summed E-state index contributed by atoms with van der Waals surface area (Å²) in [5, 5.41) is 0. The second-order valence-electron chi connectivity index (χ2n) is 13.9. The van der Waals surface area contributed by atoms with Crippen LogP contribution >= 0.6 is 0 Å². The van der Waals surface area contributed by atoms with E-state index in [2.05, 4.69) is 119 Å². The van der Waals surface area contributed by atoms with Crippen molar-refractivity contribution >= 4 is 0 Å². The highest BCUT2D eigenvalue weighted by Gasteiger charge is 2.63. The lowest BCUT2D eigenvalue weighted by Crippen LogP contribution is -2.57. The Morgan fingerprint density at radius 1 is 1.05 bits per heavy atom. The molecule has 0 bridgehead atoms. The largest absolute Gasteiger partial charge is 0.325 e. The summed E-state index contributed by atoms with van der Waals surface area (Å²) >= 11 is 0. The van der Waals surface area contributed by atoms with E-state index in [4.69, 9.17) is 5.73 Å². The third-order valence-corrected chi connectivity index (χ3v) is 11.8. The van der Waals surface area contributed by atoms with Gasteiger partial charge in [-0.3, -0.25) is 0 Å². The minimum Gasteiger partial charge on any atom is -0.325 e. The Labute approximate surface area is 232 Å². The molecule has 2 N–H and O–H groups in total. The zero-order chi connectivity index (χ0) is 28.1. The van der Waals surface area contributed by atoms with Crippen LogP contribution in [0.3, 0.4) is 0 Å². The lowest BCUT2D eigenvalue weighted by Gasteiger charge is -2.63. The molecule has 2 aliphatic rings. The third kappa shape index (κ3) is 5.92. The fraction of sp³-hybridized carbons (Fsp3) is 0.778. The summed E-state index contributed by atoms with van der Waals surface area (Å²) < 4.78 is 0. The number of hydrogen-bond acceptors (Lipinski definition) is 1. The van der Waals surface area contributed by atoms with Gasteiger partial charge in [0.05, 0.1) is 0 Å². The van der Waals surface area contributed by atoms with Crippen molar-refractivity contribution in [2.24, 2.45) is 51.6 Å². The first kappa shape index (κ1) is 32.1. The lowest BCUT2D eigenvalue weighted by atomic mass is 9.41. The van der Waals surface area contributed by atoms with Gasteiger partial charge in [0.15, 0.2) is 0 Å². The van der Waals surface area contributed by atoms with E-state index in [9.17, 15) is 0 Å². The molecule has 0 saturated heterocycles. The average molecular weight is 510 g/mol. The van der Waals surface area contributed by atoms with Crippen molar-refractivity contribution in [3.63, 3.8) is 0 Å². The van der Waals surface area contributed by atoms with Crippen molar-refractivity contribution in [3.05, 3.63) is 48.1 Å². The molecule has 1 fully saturated rings. The molecule has 1 nitrogen and oxygen atoms in total. The topological polar surface area (TPSA) is 26.0 Å². The maximum absolute atomic E-state index is 7.29. The normalized spacial score (nSPS) is 40.2. The van der Waals surface area contributed by atoms with E-state index in [-0.39, 0.29) is 21.8 Å². The van der Waals surface area contributed by atoms with Crippen LogP contribution in [0.15, 0.2) is 48.1 Å². The van der Waals surface area contributed by atoms with Crippen molar-refractivity contribution in [1.29, 1.82) is 0 Å². The van der Waals surface area contributed by atoms with Crippen molar-refractivity contribution in [1.82, 2.24) is 0 Å². The van der Waals surface area contributed by atoms with E-state index in [1.165, 1.54) is 50.5 Å². The average Bonchev–Trinajstić information content (AvgIpc) is 2.94. The summed E-state index contributed by atoms with van der Waals surface area (Å²) in [5.74, 6) is 2.89. The van der Waals surface area contributed by atoms with Gasteiger partial charge in [0, 0.05) is 5.54 Å². The number of hydrogen-bond donors (Lipinski definition) is 1. The Morgan fingerprint density at radius 3 is 2.27 bits per heavy atom. The summed E-state index contributed by atoms with van der Waals surface area (Å²) in [6.45, 7) is 26.6. The molecule has 212 valence electrons. The molecule has 2 rings (SSSR count). The monoisotopic (exact) mass is 509 g/mol. The Morgan fingerprint density at radius 2 is 1.73 bits per heavy atom. The Kier molecular flexibility index (Phi) is 11.2. The fourth-order valence-corrected chi connectivity index (χ4v) is 8.86. The summed E-state index contributed by atoms with van der Waals surface area (Å²) in [7, 11) is 0. The molecule has 0 aliphatic heterocycles. The fourth-order valence-electron chi connectivity index (χ4n) is 8.86. The van der Waals surface area contributed by atoms with Crippen LogP contribution in [0.1, 0.15) is 128 Å². The molecule has 37 heavy (non-hydrogen) atoms. The van der Waals surface area contributed by atoms with E-state index >= 15 is 0 Å². The number of nitrogens with two attached hydrogens (primary N) is 1. The molecule has 8 unspecified atom stereocenters. The molecule has 0 heterocycles. The molecule has 1 heteroatoms. The molecule has 0 radical (unpaired) electrons. The highest BCUT2D eigenvalue weighted by atomic mass is 14.8. The van der Waals surface area contributed by atoms with Gasteiger partial charge in [0.25, 0.3) is 0 Å². The van der Waals surface area contributed by atoms with Gasteiger partial charge in [-0.25, -0.2) is 0 Å². The quantitative estimate of drug-likeness (QED) is 0.230. The van der Waals surface area contributed by atoms with E-state index in [0.29, 0.717) is 29.6 Å². The summed E-state index contributed by atoms with van der Waals surface area (Å²) in [4.78, 5) is 0. The molecule has 8 atom stereocenters. The van der Waals surface area contributed by atoms with Crippen molar-refractivity contribution < 1.29 is 0 Å². The van der Waals surface area contributed by atoms with Crippen molar-refractivity contribution in [2.75, 3.05) is 0 Å². The number of rotatable bonds is 10. The Hall–Kier alpha value is -1.08. The first-order valence-electron chi connectivity index (χ1n) is 15.8. The van der Waals surface area contributed by atoms with Gasteiger partial charge in [-0.1, -0.05) is 111 Å². The smallest absolute Gasteiger partial charge is 0.0204 e. The maximum atomic E-state index is 7.29. The minimum atomic E-state index is -0.0764. The van der Waals surface area contributed by atoms with Crippen LogP contribution in [0, 0.1) is 45.8 Å². The molecule has 1 saturated carbocycles. The molecular formula is C36H63N. The molecule has 0 aromatic heterocycles. The highest BCUT2D eigenvalue weighted by Crippen LogP contribution is 2.69. The molecule has 1 spiro atoms. The summed E-state index contributed by atoms with van der Waals surface area (Å²) in [5.41, 5.74) is 9.40. The molecule has 0 amide bonds. The van der Waals surface area contributed by atoms with E-state index in [1.807, 2.05) is 0 Å². The third-order valence-electron chi connectivity index (χ3n) is 11.8. The zero-order valence-corrected chi connectivity index (χ0v) is 26.7. The van der Waals surface area contributed by atoms with Crippen LogP contribution in [-0.4, -0.2) is 5.54 Å². The van der Waals surface area contributed by atoms with Crippen LogP contribution < -0.4 is 5.73 Å². The van der Waals surface area contributed by atoms with Crippen LogP contribution in [0.2, 0.25) is 0 Å². The standard InChI is InChI=1S/C36H63N/c1-12-16-18-31(17-13-2)28(7)19-20-32-29(8)21-23-35(34(32,11)22-14-3)26-30(9)36(37,27(5)6)25-24-33(35,10)15-4/h12-13,16-18,21,23,27-30,32H,14-15,19-20,22,24-26,37H2,1-11H3/b16-12+,17-13-,31-18+. The molecule has 0 aromatic rings. The predicted molar refractivity (Wildman–Crippen MR) is 167 cm³/mol. The van der Waals surface area contributed by atoms with Crippen LogP contribution in [-0.2, 0) is 0 Å². The lowest BCUT2D eigenvalue weighted by molar-refractivity contribution is -0.109. The van der Waals surface area contributed by atoms with Crippen molar-refractivity contribution in [3.8, 4) is 0 Å². The Balaban J connectivity index is 2.58. The Bertz CT molecular complexity index is 845. The van der Waals surface area contributed by atoms with Crippen molar-refractivity contribution in [2.45, 2.75) is 133 Å². The van der Waals surface area contributed by atoms with Crippen LogP contribution in [0.4, 0.5) is 0 Å². The molecular weight excluding hydrogens is 446 g/mol. The van der Waals surface area contributed by atoms with Gasteiger partial charge in [-0.2, -0.15) is 0 Å². The highest BCUT2D eigenvalue weighted by molar-refractivity contribution is 5.27. The van der Waals surface area contributed by atoms with E-state index < -0.39 is 0 Å². The van der Waals surface area contributed by atoms with Crippen LogP contribution in [0.25, 0.3) is 0 Å². The van der Waals surface area contributed by atoms with Gasteiger partial charge in [-0.05, 0) is 110 Å². The molecule has 2 aliphatic carbocycles. The predicted octanol–water partition coefficient (Wildman–Crippen LogP) is 10.7. The zero-order valence-electron chi connectivity index (χ0n) is 26.7. The first-order chi connectivity index (χ1) is 17.3. The minimum absolute atomic E-state index is 0.0764. The van der Waals surface area contributed by atoms with E-state index in [1.54, 1.807) is 0 Å². The maximum Gasteiger partial charge on any atom is 0.0204 e. The van der Waals surface area contributed by atoms with E-state index in [0.717, 1.165) is 6.42 Å². The van der Waals surface area contributed by atoms with Gasteiger partial charge in [0.1, 0.15) is 0 Å². The van der Waals surface area contributed by atoms with Gasteiger partial charge < -0.3 is 5.73 Å². The number of allylic oxidation sites excluding steroid dienone is 8. The molecule has 0 aromatic carbocycles. The van der Waals surface area contributed by atoms with Gasteiger partial charge in [0.2, 0.25) is 0 Å².